The quantitative estimate of drug-likeness (QED) is 0.383. The molecule has 4 atom stereocenters. The van der Waals surface area contributed by atoms with Crippen LogP contribution in [-0.2, 0) is 30.1 Å². The van der Waals surface area contributed by atoms with Crippen molar-refractivity contribution in [2.45, 2.75) is 62.6 Å². The lowest BCUT2D eigenvalue weighted by molar-refractivity contribution is -0.131. The summed E-state index contributed by atoms with van der Waals surface area (Å²) in [5.41, 5.74) is 3.43. The van der Waals surface area contributed by atoms with Crippen LogP contribution < -0.4 is 11.0 Å². The van der Waals surface area contributed by atoms with Gasteiger partial charge in [0.2, 0.25) is 5.91 Å². The van der Waals surface area contributed by atoms with Gasteiger partial charge >= 0.3 is 5.69 Å². The number of aromatic amines is 1. The van der Waals surface area contributed by atoms with Gasteiger partial charge in [0.05, 0.1) is 18.0 Å². The summed E-state index contributed by atoms with van der Waals surface area (Å²) in [7, 11) is 8.47. The van der Waals surface area contributed by atoms with Gasteiger partial charge in [-0.25, -0.2) is 9.48 Å². The SMILES string of the molecule is C[C@@H](CC1(c2nn(C)c(=O)[nH]2)c2ccc(C(=O)N(C)C)cc2CCc2cc(C(=O)N(C)C)ccc21)NCC(=O)N1C(C#N)C[C@@H]2C[C@@H]21. The molecule has 2 aromatic carbocycles. The van der Waals surface area contributed by atoms with E-state index >= 15 is 0 Å². The molecule has 1 aromatic heterocycles. The molecule has 47 heavy (non-hydrogen) atoms. The van der Waals surface area contributed by atoms with E-state index in [2.05, 4.69) is 16.4 Å². The Hall–Kier alpha value is -4.76. The molecule has 2 aliphatic carbocycles. The zero-order valence-electron chi connectivity index (χ0n) is 27.8. The smallest absolute Gasteiger partial charge is 0.343 e. The zero-order valence-corrected chi connectivity index (χ0v) is 27.8. The minimum absolute atomic E-state index is 0.0731. The molecule has 3 aliphatic rings. The third-order valence-electron chi connectivity index (χ3n) is 10.0. The zero-order chi connectivity index (χ0) is 33.8. The van der Waals surface area contributed by atoms with Crippen LogP contribution in [0.1, 0.15) is 75.0 Å². The predicted octanol–water partition coefficient (Wildman–Crippen LogP) is 1.83. The Bertz CT molecular complexity index is 1780. The van der Waals surface area contributed by atoms with Crippen LogP contribution in [0.25, 0.3) is 0 Å². The molecule has 0 radical (unpaired) electrons. The number of piperidine rings is 1. The summed E-state index contributed by atoms with van der Waals surface area (Å²) in [6.07, 6.45) is 3.30. The van der Waals surface area contributed by atoms with Gasteiger partial charge in [-0.05, 0) is 91.5 Å². The van der Waals surface area contributed by atoms with Crippen molar-refractivity contribution in [3.63, 3.8) is 0 Å². The average Bonchev–Trinajstić information content (AvgIpc) is 3.62. The molecule has 3 aromatic rings. The molecule has 0 spiro atoms. The molecule has 2 fully saturated rings. The van der Waals surface area contributed by atoms with Crippen LogP contribution in [0.3, 0.4) is 0 Å². The number of aryl methyl sites for hydroxylation is 3. The number of aromatic nitrogens is 3. The van der Waals surface area contributed by atoms with Crippen LogP contribution in [-0.4, -0.2) is 100 Å². The molecular weight excluding hydrogens is 596 g/mol. The number of hydrogen-bond donors (Lipinski definition) is 2. The summed E-state index contributed by atoms with van der Waals surface area (Å²) in [4.78, 5) is 60.3. The van der Waals surface area contributed by atoms with Crippen LogP contribution in [0.5, 0.6) is 0 Å². The Kier molecular flexibility index (Phi) is 8.30. The van der Waals surface area contributed by atoms with E-state index in [0.717, 1.165) is 35.1 Å². The van der Waals surface area contributed by atoms with Crippen molar-refractivity contribution >= 4 is 17.7 Å². The normalized spacial score (nSPS) is 21.0. The number of carbonyl (C=O) groups is 3. The highest BCUT2D eigenvalue weighted by Crippen LogP contribution is 2.48. The van der Waals surface area contributed by atoms with Crippen LogP contribution in [0.2, 0.25) is 0 Å². The van der Waals surface area contributed by atoms with E-state index in [9.17, 15) is 24.4 Å². The topological polar surface area (TPSA) is 147 Å². The van der Waals surface area contributed by atoms with Gasteiger partial charge in [0.25, 0.3) is 11.8 Å². The molecule has 1 saturated heterocycles. The summed E-state index contributed by atoms with van der Waals surface area (Å²) in [6.45, 7) is 2.07. The fourth-order valence-corrected chi connectivity index (χ4v) is 7.61. The van der Waals surface area contributed by atoms with Crippen molar-refractivity contribution in [2.75, 3.05) is 34.7 Å². The lowest BCUT2D eigenvalue weighted by atomic mass is 9.67. The third-order valence-corrected chi connectivity index (χ3v) is 10.0. The number of hydrogen-bond acceptors (Lipinski definition) is 7. The van der Waals surface area contributed by atoms with Crippen molar-refractivity contribution < 1.29 is 14.4 Å². The summed E-state index contributed by atoms with van der Waals surface area (Å²) < 4.78 is 1.28. The monoisotopic (exact) mass is 638 g/mol. The molecule has 1 saturated carbocycles. The lowest BCUT2D eigenvalue weighted by Crippen LogP contribution is -2.46. The number of H-pyrrole nitrogens is 1. The maximum Gasteiger partial charge on any atom is 0.343 e. The standard InChI is InChI=1S/C35H42N8O4/c1-20(37-19-30(44)43-26(18-36)15-25-16-29(25)43)17-35(33-38-34(47)42(6)39-33)27-11-9-23(31(45)40(2)3)13-21(27)7-8-22-14-24(10-12-28(22)35)32(46)41(4)5/h9-14,20,25-26,29,37H,7-8,15-17,19H2,1-6H3,(H,38,39,47)/t20-,25+,26?,29-/m0/s1. The van der Waals surface area contributed by atoms with Crippen LogP contribution in [0.4, 0.5) is 0 Å². The molecule has 1 unspecified atom stereocenters. The number of nitrogens with zero attached hydrogens (tertiary/aromatic N) is 6. The maximum absolute atomic E-state index is 13.4. The lowest BCUT2D eigenvalue weighted by Gasteiger charge is -2.37. The second-order valence-corrected chi connectivity index (χ2v) is 13.7. The van der Waals surface area contributed by atoms with Gasteiger partial charge in [-0.15, -0.1) is 0 Å². The highest BCUT2D eigenvalue weighted by atomic mass is 16.2. The first-order valence-corrected chi connectivity index (χ1v) is 16.1. The summed E-state index contributed by atoms with van der Waals surface area (Å²) in [6, 6.07) is 13.2. The minimum atomic E-state index is -0.999. The predicted molar refractivity (Wildman–Crippen MR) is 175 cm³/mol. The van der Waals surface area contributed by atoms with Gasteiger partial charge in [0, 0.05) is 58.4 Å². The molecule has 3 amide bonds. The molecule has 2 N–H and O–H groups in total. The van der Waals surface area contributed by atoms with Gasteiger partial charge in [0.15, 0.2) is 0 Å². The maximum atomic E-state index is 13.4. The number of nitriles is 1. The average molecular weight is 639 g/mol. The Morgan fingerprint density at radius 2 is 1.60 bits per heavy atom. The number of rotatable bonds is 8. The van der Waals surface area contributed by atoms with Gasteiger partial charge in [-0.3, -0.25) is 19.4 Å². The Morgan fingerprint density at radius 3 is 2.09 bits per heavy atom. The van der Waals surface area contributed by atoms with Gasteiger partial charge < -0.3 is 20.0 Å². The second kappa shape index (κ2) is 12.1. The van der Waals surface area contributed by atoms with E-state index in [1.165, 1.54) is 4.68 Å². The van der Waals surface area contributed by atoms with Crippen LogP contribution >= 0.6 is 0 Å². The summed E-state index contributed by atoms with van der Waals surface area (Å²) in [5, 5.41) is 17.8. The van der Waals surface area contributed by atoms with Crippen molar-refractivity contribution in [1.29, 1.82) is 5.26 Å². The highest BCUT2D eigenvalue weighted by molar-refractivity contribution is 5.95. The largest absolute Gasteiger partial charge is 0.345 e. The molecule has 1 aliphatic heterocycles. The van der Waals surface area contributed by atoms with Crippen molar-refractivity contribution in [3.05, 3.63) is 86.1 Å². The molecule has 2 heterocycles. The third kappa shape index (κ3) is 5.63. The van der Waals surface area contributed by atoms with E-state index in [1.807, 2.05) is 43.3 Å². The van der Waals surface area contributed by atoms with Crippen LogP contribution in [0, 0.1) is 17.2 Å². The summed E-state index contributed by atoms with van der Waals surface area (Å²) >= 11 is 0. The van der Waals surface area contributed by atoms with Crippen molar-refractivity contribution in [3.8, 4) is 6.07 Å². The minimum Gasteiger partial charge on any atom is -0.345 e. The molecule has 246 valence electrons. The number of nitrogens with one attached hydrogen (secondary N) is 2. The molecule has 12 nitrogen and oxygen atoms in total. The Balaban J connectivity index is 1.46. The molecule has 12 heteroatoms. The highest BCUT2D eigenvalue weighted by Gasteiger charge is 2.54. The number of benzene rings is 2. The van der Waals surface area contributed by atoms with Crippen molar-refractivity contribution in [1.82, 2.24) is 34.8 Å². The van der Waals surface area contributed by atoms with Gasteiger partial charge in [-0.2, -0.15) is 10.4 Å². The molecule has 0 bridgehead atoms. The molecular formula is C35H42N8O4. The number of carbonyl (C=O) groups excluding carboxylic acids is 3. The first-order valence-electron chi connectivity index (χ1n) is 16.1. The fourth-order valence-electron chi connectivity index (χ4n) is 7.61. The number of likely N-dealkylation sites (tertiary alicyclic amines) is 1. The first kappa shape index (κ1) is 32.2. The first-order chi connectivity index (χ1) is 22.3. The fraction of sp³-hybridized carbons (Fsp3) is 0.486. The van der Waals surface area contributed by atoms with Gasteiger partial charge in [0.1, 0.15) is 11.9 Å². The van der Waals surface area contributed by atoms with E-state index in [-0.39, 0.29) is 48.1 Å². The second-order valence-electron chi connectivity index (χ2n) is 13.7. The molecule has 6 rings (SSSR count). The van der Waals surface area contributed by atoms with E-state index < -0.39 is 5.41 Å². The Morgan fingerprint density at radius 1 is 1.02 bits per heavy atom. The number of fused-ring (bicyclic) bond motifs is 3. The number of amides is 3. The Labute approximate surface area is 274 Å². The van der Waals surface area contributed by atoms with E-state index in [1.54, 1.807) is 49.9 Å². The summed E-state index contributed by atoms with van der Waals surface area (Å²) in [5.74, 6) is 0.549. The van der Waals surface area contributed by atoms with E-state index in [0.29, 0.717) is 42.1 Å². The van der Waals surface area contributed by atoms with E-state index in [4.69, 9.17) is 5.10 Å². The van der Waals surface area contributed by atoms with Crippen LogP contribution in [0.15, 0.2) is 41.2 Å². The van der Waals surface area contributed by atoms with Gasteiger partial charge in [-0.1, -0.05) is 12.1 Å². The van der Waals surface area contributed by atoms with Crippen molar-refractivity contribution in [2.24, 2.45) is 13.0 Å².